The smallest absolute Gasteiger partial charge is 0.164 e. The van der Waals surface area contributed by atoms with Crippen LogP contribution in [0.5, 0.6) is 0 Å². The summed E-state index contributed by atoms with van der Waals surface area (Å²) in [6.45, 7) is 0. The highest BCUT2D eigenvalue weighted by molar-refractivity contribution is 7.26. The molecule has 3 heterocycles. The molecule has 6 aromatic carbocycles. The van der Waals surface area contributed by atoms with Crippen molar-refractivity contribution < 1.29 is 0 Å². The first-order valence-electron chi connectivity index (χ1n) is 16.9. The van der Waals surface area contributed by atoms with E-state index in [1.54, 1.807) is 0 Å². The molecule has 0 fully saturated rings. The normalized spacial score (nSPS) is 12.6. The Morgan fingerprint density at radius 2 is 0.940 bits per heavy atom. The van der Waals surface area contributed by atoms with Crippen LogP contribution in [0.4, 0.5) is 0 Å². The minimum absolute atomic E-state index is 0.659. The first-order valence-corrected chi connectivity index (χ1v) is 18.5. The third-order valence-electron chi connectivity index (χ3n) is 9.65. The van der Waals surface area contributed by atoms with E-state index in [1.165, 1.54) is 63.0 Å². The number of thiophene rings is 2. The molecule has 1 aliphatic carbocycles. The lowest BCUT2D eigenvalue weighted by molar-refractivity contribution is 1.01. The van der Waals surface area contributed by atoms with E-state index < -0.39 is 0 Å². The van der Waals surface area contributed by atoms with Gasteiger partial charge < -0.3 is 0 Å². The van der Waals surface area contributed by atoms with Crippen LogP contribution in [-0.2, 0) is 6.42 Å². The van der Waals surface area contributed by atoms with Gasteiger partial charge in [0.25, 0.3) is 0 Å². The van der Waals surface area contributed by atoms with Crippen molar-refractivity contribution >= 4 is 59.0 Å². The molecule has 3 nitrogen and oxygen atoms in total. The second-order valence-electron chi connectivity index (χ2n) is 12.7. The summed E-state index contributed by atoms with van der Waals surface area (Å²) in [5.41, 5.74) is 9.27. The summed E-state index contributed by atoms with van der Waals surface area (Å²) in [4.78, 5) is 16.4. The predicted octanol–water partition coefficient (Wildman–Crippen LogP) is 12.7. The Morgan fingerprint density at radius 3 is 1.60 bits per heavy atom. The minimum Gasteiger partial charge on any atom is -0.208 e. The summed E-state index contributed by atoms with van der Waals surface area (Å²) in [5, 5.41) is 4.01. The van der Waals surface area contributed by atoms with Crippen molar-refractivity contribution in [3.05, 3.63) is 156 Å². The number of hydrogen-bond acceptors (Lipinski definition) is 5. The van der Waals surface area contributed by atoms with E-state index in [9.17, 15) is 0 Å². The molecule has 236 valence electrons. The number of fused-ring (bicyclic) bond motifs is 6. The zero-order valence-corrected chi connectivity index (χ0v) is 28.6. The van der Waals surface area contributed by atoms with Gasteiger partial charge in [0.05, 0.1) is 0 Å². The number of hydrogen-bond donors (Lipinski definition) is 0. The second-order valence-corrected chi connectivity index (χ2v) is 14.8. The van der Waals surface area contributed by atoms with Gasteiger partial charge in [-0.05, 0) is 64.9 Å². The Labute approximate surface area is 297 Å². The van der Waals surface area contributed by atoms with Gasteiger partial charge in [-0.3, -0.25) is 0 Å². The van der Waals surface area contributed by atoms with Crippen molar-refractivity contribution in [2.24, 2.45) is 0 Å². The van der Waals surface area contributed by atoms with Crippen molar-refractivity contribution in [2.45, 2.75) is 12.8 Å². The third kappa shape index (κ3) is 4.97. The standard InChI is InChI=1S/C45H29N3S2/c1-2-10-30(11-3-1)43-46-44(31-24-20-28(21-25-31)33-14-8-18-39-41(33)35-12-4-6-16-37(35)49-39)48-45(47-43)32-26-22-29(23-27-32)34-15-9-19-40-42(34)36-13-5-7-17-38(36)50-40/h1-4,6-12,14-27H,5,13H2. The molecule has 0 atom stereocenters. The SMILES string of the molecule is C1=Cc2sc3cccc(-c4ccc(-c5nc(-c6ccccc6)nc(-c6ccc(-c7cccc8sc9ccccc9c78)cc6)n5)cc4)c3c2CC1. The molecule has 0 aliphatic heterocycles. The highest BCUT2D eigenvalue weighted by Crippen LogP contribution is 2.42. The van der Waals surface area contributed by atoms with Crippen LogP contribution in [0.15, 0.2) is 146 Å². The van der Waals surface area contributed by atoms with Crippen LogP contribution in [0.3, 0.4) is 0 Å². The van der Waals surface area contributed by atoms with E-state index >= 15 is 0 Å². The molecule has 9 aromatic rings. The van der Waals surface area contributed by atoms with Gasteiger partial charge in [-0.2, -0.15) is 0 Å². The van der Waals surface area contributed by atoms with Gasteiger partial charge in [0.15, 0.2) is 17.5 Å². The Bertz CT molecular complexity index is 2740. The maximum atomic E-state index is 5.06. The molecular formula is C45H29N3S2. The second kappa shape index (κ2) is 12.0. The average molecular weight is 676 g/mol. The molecule has 0 radical (unpaired) electrons. The number of rotatable bonds is 5. The lowest BCUT2D eigenvalue weighted by Gasteiger charge is -2.11. The van der Waals surface area contributed by atoms with Crippen molar-refractivity contribution in [3.8, 4) is 56.4 Å². The molecule has 0 N–H and O–H groups in total. The minimum atomic E-state index is 0.659. The van der Waals surface area contributed by atoms with Gasteiger partial charge >= 0.3 is 0 Å². The van der Waals surface area contributed by atoms with Crippen LogP contribution in [0.1, 0.15) is 16.9 Å². The van der Waals surface area contributed by atoms with Crippen LogP contribution >= 0.6 is 22.7 Å². The van der Waals surface area contributed by atoms with Crippen molar-refractivity contribution in [1.29, 1.82) is 0 Å². The largest absolute Gasteiger partial charge is 0.208 e. The topological polar surface area (TPSA) is 38.7 Å². The Hall–Kier alpha value is -5.75. The predicted molar refractivity (Wildman–Crippen MR) is 213 cm³/mol. The fourth-order valence-electron chi connectivity index (χ4n) is 7.24. The van der Waals surface area contributed by atoms with Crippen molar-refractivity contribution in [2.75, 3.05) is 0 Å². The summed E-state index contributed by atoms with van der Waals surface area (Å²) in [7, 11) is 0. The molecule has 0 bridgehead atoms. The van der Waals surface area contributed by atoms with E-state index in [1.807, 2.05) is 40.9 Å². The summed E-state index contributed by atoms with van der Waals surface area (Å²) in [6.07, 6.45) is 6.78. The fourth-order valence-corrected chi connectivity index (χ4v) is 9.58. The first-order chi connectivity index (χ1) is 24.8. The molecular weight excluding hydrogens is 647 g/mol. The lowest BCUT2D eigenvalue weighted by atomic mass is 9.94. The molecule has 10 rings (SSSR count). The monoisotopic (exact) mass is 675 g/mol. The van der Waals surface area contributed by atoms with Gasteiger partial charge in [0, 0.05) is 51.8 Å². The Balaban J connectivity index is 1.05. The van der Waals surface area contributed by atoms with E-state index in [0.29, 0.717) is 17.5 Å². The van der Waals surface area contributed by atoms with E-state index in [0.717, 1.165) is 29.5 Å². The molecule has 50 heavy (non-hydrogen) atoms. The van der Waals surface area contributed by atoms with E-state index in [4.69, 9.17) is 15.0 Å². The number of allylic oxidation sites excluding steroid dienone is 1. The molecule has 0 spiro atoms. The zero-order valence-electron chi connectivity index (χ0n) is 27.0. The van der Waals surface area contributed by atoms with Crippen LogP contribution in [0, 0.1) is 0 Å². The van der Waals surface area contributed by atoms with Crippen LogP contribution in [0.25, 0.3) is 92.8 Å². The van der Waals surface area contributed by atoms with Crippen molar-refractivity contribution in [1.82, 2.24) is 15.0 Å². The highest BCUT2D eigenvalue weighted by atomic mass is 32.1. The molecule has 0 unspecified atom stereocenters. The number of benzene rings is 6. The molecule has 0 amide bonds. The maximum Gasteiger partial charge on any atom is 0.164 e. The molecule has 0 saturated carbocycles. The van der Waals surface area contributed by atoms with Gasteiger partial charge in [-0.1, -0.05) is 127 Å². The number of aromatic nitrogens is 3. The summed E-state index contributed by atoms with van der Waals surface area (Å²) in [6, 6.07) is 49.5. The third-order valence-corrected chi connectivity index (χ3v) is 12.0. The summed E-state index contributed by atoms with van der Waals surface area (Å²) < 4.78 is 3.96. The van der Waals surface area contributed by atoms with Gasteiger partial charge in [0.1, 0.15) is 0 Å². The average Bonchev–Trinajstić information content (AvgIpc) is 3.77. The maximum absolute atomic E-state index is 5.06. The summed E-state index contributed by atoms with van der Waals surface area (Å²) >= 11 is 3.74. The van der Waals surface area contributed by atoms with E-state index in [2.05, 4.69) is 133 Å². The van der Waals surface area contributed by atoms with Crippen LogP contribution in [-0.4, -0.2) is 15.0 Å². The Morgan fingerprint density at radius 1 is 0.420 bits per heavy atom. The molecule has 1 aliphatic rings. The van der Waals surface area contributed by atoms with Gasteiger partial charge in [-0.15, -0.1) is 22.7 Å². The number of aryl methyl sites for hydroxylation is 1. The zero-order chi connectivity index (χ0) is 33.0. The first kappa shape index (κ1) is 29.2. The van der Waals surface area contributed by atoms with Gasteiger partial charge in [-0.25, -0.2) is 15.0 Å². The number of nitrogens with zero attached hydrogens (tertiary/aromatic N) is 3. The molecule has 5 heteroatoms. The van der Waals surface area contributed by atoms with E-state index in [-0.39, 0.29) is 0 Å². The van der Waals surface area contributed by atoms with Gasteiger partial charge in [0.2, 0.25) is 0 Å². The molecule has 0 saturated heterocycles. The fraction of sp³-hybridized carbons (Fsp3) is 0.0444. The summed E-state index contributed by atoms with van der Waals surface area (Å²) in [5.74, 6) is 1.98. The molecule has 3 aromatic heterocycles. The van der Waals surface area contributed by atoms with Crippen molar-refractivity contribution in [3.63, 3.8) is 0 Å². The quantitative estimate of drug-likeness (QED) is 0.182. The Kier molecular flexibility index (Phi) is 7.00. The van der Waals surface area contributed by atoms with Crippen LogP contribution in [0.2, 0.25) is 0 Å². The highest BCUT2D eigenvalue weighted by Gasteiger charge is 2.18. The lowest BCUT2D eigenvalue weighted by Crippen LogP contribution is -2.00. The van der Waals surface area contributed by atoms with Crippen LogP contribution < -0.4 is 0 Å².